The van der Waals surface area contributed by atoms with Gasteiger partial charge in [-0.2, -0.15) is 0 Å². The second-order valence-electron chi connectivity index (χ2n) is 5.20. The van der Waals surface area contributed by atoms with Crippen molar-refractivity contribution in [3.05, 3.63) is 24.5 Å². The van der Waals surface area contributed by atoms with Crippen LogP contribution in [0.15, 0.2) is 13.4 Å². The second kappa shape index (κ2) is 10.5. The molecule has 2 amide bonds. The number of nitrogens with one attached hydrogen (secondary N) is 2. The van der Waals surface area contributed by atoms with Crippen LogP contribution in [0.5, 0.6) is 0 Å². The van der Waals surface area contributed by atoms with Gasteiger partial charge in [-0.3, -0.25) is 9.59 Å². The summed E-state index contributed by atoms with van der Waals surface area (Å²) in [5, 5.41) is 41.2. The van der Waals surface area contributed by atoms with E-state index < -0.39 is 37.2 Å². The predicted molar refractivity (Wildman–Crippen MR) is 105 cm³/mol. The monoisotopic (exact) mass is 561 g/mol. The van der Waals surface area contributed by atoms with Crippen LogP contribution < -0.4 is 16.4 Å². The maximum absolute atomic E-state index is 12.4. The highest BCUT2D eigenvalue weighted by atomic mass is 79.9. The van der Waals surface area contributed by atoms with Crippen molar-refractivity contribution < 1.29 is 30.0 Å². The van der Waals surface area contributed by atoms with Crippen LogP contribution in [0.3, 0.4) is 0 Å². The Hall–Kier alpha value is -0.760. The van der Waals surface area contributed by atoms with E-state index in [1.54, 1.807) is 0 Å². The van der Waals surface area contributed by atoms with E-state index in [2.05, 4.69) is 58.4 Å². The fourth-order valence-electron chi connectivity index (χ4n) is 1.81. The third-order valence-corrected chi connectivity index (χ3v) is 5.66. The molecule has 9 nitrogen and oxygen atoms in total. The molecule has 1 aromatic rings. The zero-order valence-corrected chi connectivity index (χ0v) is 18.1. The van der Waals surface area contributed by atoms with Gasteiger partial charge < -0.3 is 36.8 Å². The van der Waals surface area contributed by atoms with Gasteiger partial charge in [-0.15, -0.1) is 0 Å². The van der Waals surface area contributed by atoms with E-state index in [-0.39, 0.29) is 43.3 Å². The lowest BCUT2D eigenvalue weighted by atomic mass is 10.1. The molecule has 0 spiro atoms. The van der Waals surface area contributed by atoms with E-state index in [1.807, 2.05) is 0 Å². The maximum atomic E-state index is 12.4. The quantitative estimate of drug-likeness (QED) is 0.214. The van der Waals surface area contributed by atoms with Gasteiger partial charge in [0.15, 0.2) is 0 Å². The zero-order valence-electron chi connectivity index (χ0n) is 13.3. The van der Waals surface area contributed by atoms with E-state index in [0.717, 1.165) is 0 Å². The summed E-state index contributed by atoms with van der Waals surface area (Å²) in [6.07, 6.45) is -2.26. The first-order valence-corrected chi connectivity index (χ1v) is 9.63. The summed E-state index contributed by atoms with van der Waals surface area (Å²) in [6, 6.07) is 0. The van der Waals surface area contributed by atoms with Crippen LogP contribution in [0.2, 0.25) is 0 Å². The molecule has 8 N–H and O–H groups in total. The van der Waals surface area contributed by atoms with Gasteiger partial charge in [-0.05, 0) is 47.8 Å². The molecular formula is C14H18Br3N3O6. The maximum Gasteiger partial charge on any atom is 0.253 e. The molecule has 0 saturated carbocycles. The van der Waals surface area contributed by atoms with Gasteiger partial charge in [-0.25, -0.2) is 0 Å². The van der Waals surface area contributed by atoms with Crippen molar-refractivity contribution in [1.29, 1.82) is 0 Å². The summed E-state index contributed by atoms with van der Waals surface area (Å²) in [6.45, 7) is -1.44. The third-order valence-electron chi connectivity index (χ3n) is 3.22. The molecule has 0 saturated heterocycles. The molecule has 0 fully saturated rings. The summed E-state index contributed by atoms with van der Waals surface area (Å²) < 4.78 is 0.566. The van der Waals surface area contributed by atoms with Crippen molar-refractivity contribution in [2.24, 2.45) is 0 Å². The Bertz CT molecular complexity index is 635. The Balaban J connectivity index is 3.22. The minimum absolute atomic E-state index is 0.0173. The summed E-state index contributed by atoms with van der Waals surface area (Å²) in [5.41, 5.74) is 6.07. The molecular weight excluding hydrogens is 546 g/mol. The first kappa shape index (κ1) is 23.3. The van der Waals surface area contributed by atoms with Crippen LogP contribution in [0.1, 0.15) is 20.7 Å². The number of rotatable bonds is 8. The lowest BCUT2D eigenvalue weighted by Crippen LogP contribution is -2.36. The van der Waals surface area contributed by atoms with E-state index in [9.17, 15) is 19.8 Å². The molecule has 1 aromatic carbocycles. The molecule has 0 aromatic heterocycles. The average Bonchev–Trinajstić information content (AvgIpc) is 2.62. The van der Waals surface area contributed by atoms with E-state index in [0.29, 0.717) is 0 Å². The van der Waals surface area contributed by atoms with Crippen molar-refractivity contribution in [3.63, 3.8) is 0 Å². The molecule has 12 heteroatoms. The molecule has 0 aliphatic heterocycles. The Labute approximate surface area is 174 Å². The number of nitrogens with two attached hydrogens (primary N) is 1. The Morgan fingerprint density at radius 3 is 1.50 bits per heavy atom. The number of hydrogen-bond donors (Lipinski definition) is 7. The largest absolute Gasteiger partial charge is 0.397 e. The minimum Gasteiger partial charge on any atom is -0.397 e. The highest BCUT2D eigenvalue weighted by Crippen LogP contribution is 2.40. The lowest BCUT2D eigenvalue weighted by Gasteiger charge is -2.18. The first-order valence-electron chi connectivity index (χ1n) is 7.25. The number of halogens is 3. The number of carbonyl (C=O) groups excluding carboxylic acids is 2. The van der Waals surface area contributed by atoms with E-state index in [1.165, 1.54) is 0 Å². The van der Waals surface area contributed by atoms with Crippen LogP contribution in [0.25, 0.3) is 0 Å². The number of carbonyl (C=O) groups is 2. The Morgan fingerprint density at radius 1 is 0.846 bits per heavy atom. The average molecular weight is 564 g/mol. The zero-order chi connectivity index (χ0) is 20.0. The predicted octanol–water partition coefficient (Wildman–Crippen LogP) is -0.278. The summed E-state index contributed by atoms with van der Waals surface area (Å²) >= 11 is 9.61. The van der Waals surface area contributed by atoms with E-state index >= 15 is 0 Å². The molecule has 2 unspecified atom stereocenters. The highest BCUT2D eigenvalue weighted by Gasteiger charge is 2.27. The smallest absolute Gasteiger partial charge is 0.253 e. The van der Waals surface area contributed by atoms with Crippen molar-refractivity contribution in [2.75, 3.05) is 32.0 Å². The van der Waals surface area contributed by atoms with Crippen LogP contribution in [0, 0.1) is 0 Å². The third kappa shape index (κ3) is 5.62. The second-order valence-corrected chi connectivity index (χ2v) is 7.58. The normalized spacial score (nSPS) is 13.2. The molecule has 0 radical (unpaired) electrons. The summed E-state index contributed by atoms with van der Waals surface area (Å²) in [7, 11) is 0. The number of anilines is 1. The van der Waals surface area contributed by atoms with Crippen molar-refractivity contribution in [2.45, 2.75) is 12.2 Å². The Kier molecular flexibility index (Phi) is 9.44. The van der Waals surface area contributed by atoms with Gasteiger partial charge in [0.25, 0.3) is 11.8 Å². The first-order chi connectivity index (χ1) is 12.1. The standard InChI is InChI=1S/C14H18Br3N3O6/c15-9-7(13(25)19-1-5(23)3-21)10(16)12(18)11(17)8(9)14(26)20-2-6(24)4-22/h5-6,21-24H,1-4,18H2,(H,19,25)(H,20,26). The fraction of sp³-hybridized carbons (Fsp3) is 0.429. The topological polar surface area (TPSA) is 165 Å². The minimum atomic E-state index is -1.13. The van der Waals surface area contributed by atoms with Gasteiger partial charge in [-0.1, -0.05) is 0 Å². The van der Waals surface area contributed by atoms with Gasteiger partial charge in [0.05, 0.1) is 51.2 Å². The van der Waals surface area contributed by atoms with Gasteiger partial charge in [0, 0.05) is 17.6 Å². The van der Waals surface area contributed by atoms with Gasteiger partial charge >= 0.3 is 0 Å². The van der Waals surface area contributed by atoms with Crippen LogP contribution in [0.4, 0.5) is 5.69 Å². The number of amides is 2. The number of aliphatic hydroxyl groups excluding tert-OH is 4. The Morgan fingerprint density at radius 2 is 1.19 bits per heavy atom. The lowest BCUT2D eigenvalue weighted by molar-refractivity contribution is 0.0798. The fourth-order valence-corrected chi connectivity index (χ4v) is 4.52. The molecule has 146 valence electrons. The summed E-state index contributed by atoms with van der Waals surface area (Å²) in [4.78, 5) is 24.8. The molecule has 0 aliphatic rings. The van der Waals surface area contributed by atoms with Crippen LogP contribution in [-0.2, 0) is 0 Å². The number of benzene rings is 1. The molecule has 0 aliphatic carbocycles. The number of nitrogen functional groups attached to an aromatic ring is 1. The molecule has 1 rings (SSSR count). The van der Waals surface area contributed by atoms with Crippen LogP contribution >= 0.6 is 47.8 Å². The van der Waals surface area contributed by atoms with Crippen molar-refractivity contribution in [3.8, 4) is 0 Å². The number of hydrogen-bond acceptors (Lipinski definition) is 7. The van der Waals surface area contributed by atoms with Gasteiger partial charge in [0.1, 0.15) is 0 Å². The highest BCUT2D eigenvalue weighted by molar-refractivity contribution is 9.11. The SMILES string of the molecule is Nc1c(Br)c(C(=O)NCC(O)CO)c(Br)c(C(=O)NCC(O)CO)c1Br. The molecule has 0 bridgehead atoms. The molecule has 2 atom stereocenters. The van der Waals surface area contributed by atoms with Crippen molar-refractivity contribution >= 4 is 65.3 Å². The van der Waals surface area contributed by atoms with Crippen LogP contribution in [-0.4, -0.2) is 70.8 Å². The molecule has 0 heterocycles. The van der Waals surface area contributed by atoms with E-state index in [4.69, 9.17) is 15.9 Å². The van der Waals surface area contributed by atoms with Crippen molar-refractivity contribution in [1.82, 2.24) is 10.6 Å². The molecule has 26 heavy (non-hydrogen) atoms. The number of aliphatic hydroxyl groups is 4. The van der Waals surface area contributed by atoms with Gasteiger partial charge in [0.2, 0.25) is 0 Å². The summed E-state index contributed by atoms with van der Waals surface area (Å²) in [5.74, 6) is -1.28.